The van der Waals surface area contributed by atoms with Gasteiger partial charge in [0.2, 0.25) is 0 Å². The minimum atomic E-state index is 0.865. The van der Waals surface area contributed by atoms with Crippen molar-refractivity contribution in [1.82, 2.24) is 0 Å². The van der Waals surface area contributed by atoms with E-state index < -0.39 is 0 Å². The molecule has 0 rings (SSSR count). The van der Waals surface area contributed by atoms with Gasteiger partial charge in [0.1, 0.15) is 0 Å². The molecule has 0 fully saturated rings. The van der Waals surface area contributed by atoms with Crippen LogP contribution >= 0.6 is 0 Å². The van der Waals surface area contributed by atoms with Crippen LogP contribution < -0.4 is 0 Å². The smallest absolute Gasteiger partial charge is 0.0388 e. The molecule has 0 amide bonds. The molecule has 0 saturated heterocycles. The fourth-order valence-corrected chi connectivity index (χ4v) is 3.05. The molecule has 0 aliphatic rings. The van der Waals surface area contributed by atoms with Crippen molar-refractivity contribution in [3.05, 3.63) is 0 Å². The summed E-state index contributed by atoms with van der Waals surface area (Å²) in [5, 5.41) is 0. The molecular weight excluding hydrogens is 240 g/mol. The van der Waals surface area contributed by atoms with Crippen molar-refractivity contribution in [2.75, 3.05) is 0 Å². The lowest BCUT2D eigenvalue weighted by Crippen LogP contribution is -2.14. The first-order valence-electron chi connectivity index (χ1n) is 9.36. The van der Waals surface area contributed by atoms with Crippen LogP contribution in [0.5, 0.6) is 0 Å². The normalized spacial score (nSPS) is 16.6. The van der Waals surface area contributed by atoms with Crippen LogP contribution in [0.3, 0.4) is 0 Å². The average Bonchev–Trinajstić information content (AvgIpc) is 2.37. The second-order valence-electron chi connectivity index (χ2n) is 8.12. The van der Waals surface area contributed by atoms with E-state index in [1.807, 2.05) is 0 Å². The third-order valence-corrected chi connectivity index (χ3v) is 5.09. The first-order chi connectivity index (χ1) is 9.36. The maximum absolute atomic E-state index is 2.52. The quantitative estimate of drug-likeness (QED) is 0.351. The van der Waals surface area contributed by atoms with Crippen LogP contribution in [0.1, 0.15) is 99.8 Å². The summed E-state index contributed by atoms with van der Waals surface area (Å²) in [6.07, 6.45) is 11.4. The van der Waals surface area contributed by atoms with E-state index in [0.717, 1.165) is 29.6 Å². The Morgan fingerprint density at radius 3 is 1.65 bits per heavy atom. The second kappa shape index (κ2) is 11.6. The molecule has 0 heteroatoms. The first-order valence-corrected chi connectivity index (χ1v) is 9.36. The zero-order valence-electron chi connectivity index (χ0n) is 15.5. The molecule has 0 aromatic heterocycles. The molecule has 0 N–H and O–H groups in total. The van der Waals surface area contributed by atoms with Crippen LogP contribution in [-0.2, 0) is 0 Å². The van der Waals surface area contributed by atoms with Crippen molar-refractivity contribution in [2.24, 2.45) is 29.6 Å². The molecule has 0 heterocycles. The lowest BCUT2D eigenvalue weighted by molar-refractivity contribution is 0.254. The summed E-state index contributed by atoms with van der Waals surface area (Å²) in [4.78, 5) is 0. The highest BCUT2D eigenvalue weighted by atomic mass is 14.2. The zero-order valence-corrected chi connectivity index (χ0v) is 15.5. The van der Waals surface area contributed by atoms with E-state index in [1.54, 1.807) is 0 Å². The summed E-state index contributed by atoms with van der Waals surface area (Å²) in [5.41, 5.74) is 0. The predicted molar refractivity (Wildman–Crippen MR) is 94.1 cm³/mol. The predicted octanol–water partition coefficient (Wildman–Crippen LogP) is 7.33. The van der Waals surface area contributed by atoms with Gasteiger partial charge in [-0.3, -0.25) is 0 Å². The Hall–Kier alpha value is 0. The topological polar surface area (TPSA) is 0 Å². The third-order valence-electron chi connectivity index (χ3n) is 5.09. The van der Waals surface area contributed by atoms with Gasteiger partial charge in [-0.25, -0.2) is 0 Å². The van der Waals surface area contributed by atoms with Crippen molar-refractivity contribution in [3.63, 3.8) is 0 Å². The van der Waals surface area contributed by atoms with Crippen molar-refractivity contribution in [1.29, 1.82) is 0 Å². The Balaban J connectivity index is 4.18. The van der Waals surface area contributed by atoms with Gasteiger partial charge in [0.25, 0.3) is 0 Å². The molecule has 0 aromatic carbocycles. The summed E-state index contributed by atoms with van der Waals surface area (Å²) in [5.74, 6) is 4.55. The van der Waals surface area contributed by atoms with Crippen molar-refractivity contribution in [3.8, 4) is 0 Å². The van der Waals surface area contributed by atoms with Gasteiger partial charge in [0, 0.05) is 0 Å². The monoisotopic (exact) mass is 282 g/mol. The second-order valence-corrected chi connectivity index (χ2v) is 8.12. The molecular formula is C20H42. The Morgan fingerprint density at radius 1 is 0.600 bits per heavy atom. The van der Waals surface area contributed by atoms with Gasteiger partial charge in [0.05, 0.1) is 0 Å². The molecule has 0 aliphatic carbocycles. The molecule has 0 bridgehead atoms. The largest absolute Gasteiger partial charge is 0.0651 e. The summed E-state index contributed by atoms with van der Waals surface area (Å²) in [7, 11) is 0. The molecule has 20 heavy (non-hydrogen) atoms. The van der Waals surface area contributed by atoms with Gasteiger partial charge in [-0.15, -0.1) is 0 Å². The Bertz CT molecular complexity index is 204. The fraction of sp³-hybridized carbons (Fsp3) is 1.00. The van der Waals surface area contributed by atoms with Crippen LogP contribution in [0, 0.1) is 29.6 Å². The van der Waals surface area contributed by atoms with Crippen LogP contribution in [0.15, 0.2) is 0 Å². The molecule has 0 unspecified atom stereocenters. The molecule has 0 radical (unpaired) electrons. The molecule has 0 saturated carbocycles. The minimum absolute atomic E-state index is 0.865. The van der Waals surface area contributed by atoms with Crippen molar-refractivity contribution < 1.29 is 0 Å². The van der Waals surface area contributed by atoms with E-state index in [9.17, 15) is 0 Å². The highest BCUT2D eigenvalue weighted by Crippen LogP contribution is 2.30. The van der Waals surface area contributed by atoms with Crippen LogP contribution in [0.4, 0.5) is 0 Å². The lowest BCUT2D eigenvalue weighted by atomic mass is 9.80. The van der Waals surface area contributed by atoms with E-state index in [0.29, 0.717) is 0 Å². The molecule has 0 spiro atoms. The number of hydrogen-bond acceptors (Lipinski definition) is 0. The summed E-state index contributed by atoms with van der Waals surface area (Å²) >= 11 is 0. The van der Waals surface area contributed by atoms with Gasteiger partial charge in [-0.05, 0) is 42.4 Å². The molecule has 0 nitrogen and oxygen atoms in total. The SMILES string of the molecule is CC[C@@H](C)CC[C@@H](CCC(C)C)[C@H](C)CCCC(C)C. The number of hydrogen-bond donors (Lipinski definition) is 0. The highest BCUT2D eigenvalue weighted by Gasteiger charge is 2.18. The molecule has 0 aromatic rings. The van der Waals surface area contributed by atoms with Gasteiger partial charge >= 0.3 is 0 Å². The van der Waals surface area contributed by atoms with Gasteiger partial charge < -0.3 is 0 Å². The molecule has 3 atom stereocenters. The van der Waals surface area contributed by atoms with Gasteiger partial charge in [-0.2, -0.15) is 0 Å². The van der Waals surface area contributed by atoms with E-state index in [4.69, 9.17) is 0 Å². The Morgan fingerprint density at radius 2 is 1.15 bits per heavy atom. The Labute approximate surface area is 130 Å². The minimum Gasteiger partial charge on any atom is -0.0651 e. The maximum Gasteiger partial charge on any atom is -0.0388 e. The Kier molecular flexibility index (Phi) is 11.6. The van der Waals surface area contributed by atoms with E-state index >= 15 is 0 Å². The summed E-state index contributed by atoms with van der Waals surface area (Å²) in [6, 6.07) is 0. The fourth-order valence-electron chi connectivity index (χ4n) is 3.05. The van der Waals surface area contributed by atoms with Gasteiger partial charge in [-0.1, -0.05) is 87.0 Å². The van der Waals surface area contributed by atoms with Crippen molar-refractivity contribution >= 4 is 0 Å². The lowest BCUT2D eigenvalue weighted by Gasteiger charge is -2.26. The van der Waals surface area contributed by atoms with Crippen LogP contribution in [0.25, 0.3) is 0 Å². The van der Waals surface area contributed by atoms with E-state index in [2.05, 4.69) is 48.5 Å². The summed E-state index contributed by atoms with van der Waals surface area (Å²) in [6.45, 7) is 16.7. The first kappa shape index (κ1) is 20.0. The third kappa shape index (κ3) is 10.7. The maximum atomic E-state index is 2.52. The van der Waals surface area contributed by atoms with Crippen molar-refractivity contribution in [2.45, 2.75) is 99.8 Å². The van der Waals surface area contributed by atoms with E-state index in [1.165, 1.54) is 51.4 Å². The highest BCUT2D eigenvalue weighted by molar-refractivity contribution is 4.70. The van der Waals surface area contributed by atoms with Crippen LogP contribution in [0.2, 0.25) is 0 Å². The van der Waals surface area contributed by atoms with Crippen LogP contribution in [-0.4, -0.2) is 0 Å². The standard InChI is InChI=1S/C20H42/c1-8-18(6)13-15-20(14-12-17(4)5)19(7)11-9-10-16(2)3/h16-20H,8-15H2,1-7H3/t18-,19-,20-/m1/s1. The van der Waals surface area contributed by atoms with E-state index in [-0.39, 0.29) is 0 Å². The zero-order chi connectivity index (χ0) is 15.5. The number of rotatable bonds is 12. The summed E-state index contributed by atoms with van der Waals surface area (Å²) < 4.78 is 0. The van der Waals surface area contributed by atoms with Gasteiger partial charge in [0.15, 0.2) is 0 Å². The average molecular weight is 283 g/mol. The molecule has 122 valence electrons. The molecule has 0 aliphatic heterocycles.